The van der Waals surface area contributed by atoms with Gasteiger partial charge in [-0.2, -0.15) is 0 Å². The summed E-state index contributed by atoms with van der Waals surface area (Å²) in [5.74, 6) is -0.496. The average molecular weight is 256 g/mol. The largest absolute Gasteiger partial charge is 0.469 e. The van der Waals surface area contributed by atoms with E-state index in [4.69, 9.17) is 4.74 Å². The molecule has 0 aromatic carbocycles. The second-order valence-corrected chi connectivity index (χ2v) is 3.67. The van der Waals surface area contributed by atoms with Gasteiger partial charge >= 0.3 is 11.7 Å². The quantitative estimate of drug-likeness (QED) is 0.745. The molecule has 0 aliphatic heterocycles. The second-order valence-electron chi connectivity index (χ2n) is 3.67. The average Bonchev–Trinajstić information content (AvgIpc) is 2.33. The lowest BCUT2D eigenvalue weighted by Gasteiger charge is -2.18. The van der Waals surface area contributed by atoms with Gasteiger partial charge in [-0.25, -0.2) is 4.79 Å². The van der Waals surface area contributed by atoms with Gasteiger partial charge in [0.05, 0.1) is 13.5 Å². The van der Waals surface area contributed by atoms with Crippen LogP contribution >= 0.6 is 0 Å². The number of esters is 1. The fourth-order valence-electron chi connectivity index (χ4n) is 1.46. The van der Waals surface area contributed by atoms with Crippen LogP contribution in [0.15, 0.2) is 15.8 Å². The predicted octanol–water partition coefficient (Wildman–Crippen LogP) is -0.0568. The van der Waals surface area contributed by atoms with Gasteiger partial charge in [0.2, 0.25) is 0 Å². The molecule has 1 aromatic heterocycles. The minimum atomic E-state index is -0.787. The summed E-state index contributed by atoms with van der Waals surface area (Å²) in [7, 11) is 1.26. The summed E-state index contributed by atoms with van der Waals surface area (Å²) in [6.07, 6.45) is 0.477. The van der Waals surface area contributed by atoms with Crippen molar-refractivity contribution in [3.8, 4) is 0 Å². The van der Waals surface area contributed by atoms with Crippen LogP contribution in [0, 0.1) is 6.92 Å². The lowest BCUT2D eigenvalue weighted by atomic mass is 10.3. The Bertz CT molecular complexity index is 531. The number of nitrogens with zero attached hydrogens (tertiary/aromatic N) is 1. The van der Waals surface area contributed by atoms with Gasteiger partial charge in [0.15, 0.2) is 0 Å². The summed E-state index contributed by atoms with van der Waals surface area (Å²) < 4.78 is 11.0. The number of hydrogen-bond acceptors (Lipinski definition) is 5. The zero-order valence-electron chi connectivity index (χ0n) is 10.6. The van der Waals surface area contributed by atoms with Crippen LogP contribution in [0.25, 0.3) is 0 Å². The van der Waals surface area contributed by atoms with Crippen molar-refractivity contribution in [2.45, 2.75) is 26.5 Å². The molecular formula is C11H16N2O5. The molecular weight excluding hydrogens is 240 g/mol. The predicted molar refractivity (Wildman–Crippen MR) is 63.4 cm³/mol. The topological polar surface area (TPSA) is 90.4 Å². The molecule has 1 heterocycles. The number of carbonyl (C=O) groups excluding carboxylic acids is 1. The highest BCUT2D eigenvalue weighted by Gasteiger charge is 2.18. The second kappa shape index (κ2) is 6.15. The zero-order valence-corrected chi connectivity index (χ0v) is 10.6. The third kappa shape index (κ3) is 3.30. The first kappa shape index (κ1) is 14.2. The van der Waals surface area contributed by atoms with Crippen molar-refractivity contribution in [3.05, 3.63) is 32.6 Å². The standard InChI is InChI=1S/C11H16N2O5/c1-4-18-8(5-9(14)17-3)13-6-7(2)10(15)12-11(13)16/h6,8H,4-5H2,1-3H3,(H,12,15,16). The molecule has 1 atom stereocenters. The minimum absolute atomic E-state index is 0.101. The molecule has 1 N–H and O–H groups in total. The fourth-order valence-corrected chi connectivity index (χ4v) is 1.46. The number of aryl methyl sites for hydroxylation is 1. The van der Waals surface area contributed by atoms with Gasteiger partial charge in [-0.15, -0.1) is 0 Å². The number of carbonyl (C=O) groups is 1. The van der Waals surface area contributed by atoms with Gasteiger partial charge in [-0.1, -0.05) is 0 Å². The first-order valence-corrected chi connectivity index (χ1v) is 5.50. The molecule has 0 aliphatic rings. The van der Waals surface area contributed by atoms with Crippen LogP contribution in [0.4, 0.5) is 0 Å². The van der Waals surface area contributed by atoms with Gasteiger partial charge in [0.1, 0.15) is 6.23 Å². The lowest BCUT2D eigenvalue weighted by Crippen LogP contribution is -2.35. The number of hydrogen-bond donors (Lipinski definition) is 1. The van der Waals surface area contributed by atoms with E-state index in [9.17, 15) is 14.4 Å². The van der Waals surface area contributed by atoms with Gasteiger partial charge in [-0.3, -0.25) is 19.1 Å². The number of aromatic nitrogens is 2. The van der Waals surface area contributed by atoms with E-state index < -0.39 is 23.4 Å². The molecule has 18 heavy (non-hydrogen) atoms. The highest BCUT2D eigenvalue weighted by molar-refractivity contribution is 5.69. The molecule has 0 fully saturated rings. The van der Waals surface area contributed by atoms with E-state index in [1.165, 1.54) is 17.9 Å². The summed E-state index contributed by atoms with van der Waals surface area (Å²) in [6, 6.07) is 0. The molecule has 0 saturated carbocycles. The normalized spacial score (nSPS) is 12.2. The molecule has 1 unspecified atom stereocenters. The van der Waals surface area contributed by atoms with Gasteiger partial charge in [0.25, 0.3) is 5.56 Å². The zero-order chi connectivity index (χ0) is 13.7. The Hall–Kier alpha value is -1.89. The Labute approximate surface area is 103 Å². The Balaban J connectivity index is 3.13. The van der Waals surface area contributed by atoms with E-state index in [-0.39, 0.29) is 6.42 Å². The third-order valence-electron chi connectivity index (χ3n) is 2.38. The van der Waals surface area contributed by atoms with Crippen LogP contribution in [-0.2, 0) is 14.3 Å². The van der Waals surface area contributed by atoms with Crippen molar-refractivity contribution in [1.29, 1.82) is 0 Å². The summed E-state index contributed by atoms with van der Waals surface area (Å²) in [5.41, 5.74) is -0.707. The monoisotopic (exact) mass is 256 g/mol. The van der Waals surface area contributed by atoms with E-state index in [2.05, 4.69) is 9.72 Å². The van der Waals surface area contributed by atoms with Crippen LogP contribution in [-0.4, -0.2) is 29.2 Å². The van der Waals surface area contributed by atoms with Crippen LogP contribution in [0.5, 0.6) is 0 Å². The van der Waals surface area contributed by atoms with Crippen LogP contribution in [0.3, 0.4) is 0 Å². The highest BCUT2D eigenvalue weighted by Crippen LogP contribution is 2.11. The summed E-state index contributed by atoms with van der Waals surface area (Å²) in [4.78, 5) is 36.3. The summed E-state index contributed by atoms with van der Waals surface area (Å²) in [6.45, 7) is 3.63. The Morgan fingerprint density at radius 1 is 1.50 bits per heavy atom. The molecule has 0 aliphatic carbocycles. The van der Waals surface area contributed by atoms with Crippen molar-refractivity contribution in [3.63, 3.8) is 0 Å². The number of nitrogens with one attached hydrogen (secondary N) is 1. The van der Waals surface area contributed by atoms with E-state index >= 15 is 0 Å². The van der Waals surface area contributed by atoms with Gasteiger partial charge in [0, 0.05) is 18.4 Å². The lowest BCUT2D eigenvalue weighted by molar-refractivity contribution is -0.146. The van der Waals surface area contributed by atoms with Crippen molar-refractivity contribution < 1.29 is 14.3 Å². The highest BCUT2D eigenvalue weighted by atomic mass is 16.5. The summed E-state index contributed by atoms with van der Waals surface area (Å²) in [5, 5.41) is 0. The van der Waals surface area contributed by atoms with Gasteiger partial charge in [-0.05, 0) is 13.8 Å². The van der Waals surface area contributed by atoms with Crippen molar-refractivity contribution in [2.24, 2.45) is 0 Å². The summed E-state index contributed by atoms with van der Waals surface area (Å²) >= 11 is 0. The molecule has 0 spiro atoms. The number of methoxy groups -OCH3 is 1. The van der Waals surface area contributed by atoms with Crippen molar-refractivity contribution in [1.82, 2.24) is 9.55 Å². The Kier molecular flexibility index (Phi) is 4.85. The number of H-pyrrole nitrogens is 1. The molecule has 7 heteroatoms. The van der Waals surface area contributed by atoms with E-state index in [0.717, 1.165) is 0 Å². The van der Waals surface area contributed by atoms with Crippen LogP contribution < -0.4 is 11.2 Å². The number of rotatable bonds is 5. The first-order chi connectivity index (χ1) is 8.49. The molecule has 100 valence electrons. The minimum Gasteiger partial charge on any atom is -0.469 e. The van der Waals surface area contributed by atoms with E-state index in [1.54, 1.807) is 13.8 Å². The molecule has 0 saturated heterocycles. The van der Waals surface area contributed by atoms with Crippen LogP contribution in [0.2, 0.25) is 0 Å². The molecule has 7 nitrogen and oxygen atoms in total. The molecule has 0 bridgehead atoms. The smallest absolute Gasteiger partial charge is 0.330 e. The maximum Gasteiger partial charge on any atom is 0.330 e. The Morgan fingerprint density at radius 2 is 2.17 bits per heavy atom. The van der Waals surface area contributed by atoms with Crippen molar-refractivity contribution >= 4 is 5.97 Å². The number of ether oxygens (including phenoxy) is 2. The van der Waals surface area contributed by atoms with Crippen molar-refractivity contribution in [2.75, 3.05) is 13.7 Å². The first-order valence-electron chi connectivity index (χ1n) is 5.50. The number of aromatic amines is 1. The molecule has 1 aromatic rings. The van der Waals surface area contributed by atoms with E-state index in [1.807, 2.05) is 0 Å². The molecule has 0 radical (unpaired) electrons. The van der Waals surface area contributed by atoms with E-state index in [0.29, 0.717) is 12.2 Å². The SMILES string of the molecule is CCOC(CC(=O)OC)n1cc(C)c(=O)[nH]c1=O. The third-order valence-corrected chi connectivity index (χ3v) is 2.38. The Morgan fingerprint density at radius 3 is 2.72 bits per heavy atom. The molecule has 1 rings (SSSR count). The fraction of sp³-hybridized carbons (Fsp3) is 0.545. The van der Waals surface area contributed by atoms with Crippen LogP contribution in [0.1, 0.15) is 25.1 Å². The van der Waals surface area contributed by atoms with Gasteiger partial charge < -0.3 is 9.47 Å². The maximum absolute atomic E-state index is 11.7. The maximum atomic E-state index is 11.7. The molecule has 0 amide bonds.